The fraction of sp³-hybridized carbons (Fsp3) is 0.375. The van der Waals surface area contributed by atoms with Gasteiger partial charge in [0, 0.05) is 41.1 Å². The summed E-state index contributed by atoms with van der Waals surface area (Å²) in [6, 6.07) is 5.09. The molecule has 0 amide bonds. The first-order valence-electron chi connectivity index (χ1n) is 11.2. The molecule has 3 aromatic heterocycles. The van der Waals surface area contributed by atoms with E-state index < -0.39 is 5.82 Å². The van der Waals surface area contributed by atoms with Crippen LogP contribution in [-0.2, 0) is 4.74 Å². The van der Waals surface area contributed by atoms with Gasteiger partial charge in [-0.25, -0.2) is 24.3 Å². The lowest BCUT2D eigenvalue weighted by molar-refractivity contribution is 0.00396. The van der Waals surface area contributed by atoms with E-state index in [2.05, 4.69) is 21.3 Å². The second-order valence-corrected chi connectivity index (χ2v) is 9.24. The summed E-state index contributed by atoms with van der Waals surface area (Å²) < 4.78 is 23.0. The number of aryl methyl sites for hydroxylation is 1. The van der Waals surface area contributed by atoms with Gasteiger partial charge in [0.25, 0.3) is 0 Å². The number of nitrogens with zero attached hydrogens (tertiary/aromatic N) is 6. The molecular formula is C24H22ClFN6O. The van der Waals surface area contributed by atoms with E-state index in [0.717, 1.165) is 24.1 Å². The average molecular weight is 465 g/mol. The van der Waals surface area contributed by atoms with Crippen LogP contribution in [0.2, 0.25) is 5.02 Å². The van der Waals surface area contributed by atoms with E-state index in [1.54, 1.807) is 18.3 Å². The fourth-order valence-electron chi connectivity index (χ4n) is 4.38. The Hall–Kier alpha value is -2.97. The Kier molecular flexibility index (Phi) is 5.07. The van der Waals surface area contributed by atoms with Crippen molar-refractivity contribution in [2.75, 3.05) is 6.61 Å². The molecule has 2 fully saturated rings. The minimum Gasteiger partial charge on any atom is -0.373 e. The zero-order chi connectivity index (χ0) is 22.5. The van der Waals surface area contributed by atoms with Crippen LogP contribution in [0.15, 0.2) is 36.8 Å². The standard InChI is InChI=1S/C24H22ClFN6O/c1-13-10-27-22-21(18-5-2-16(25)9-19(18)26)30-23(31-24(22)29-13)14-6-7-33-20(8-14)15-11-28-32(12-15)17-3-4-17/h2,5,9-12,14,17,20H,3-4,6-8H2,1H3/t14-,20+/m1/s1. The first kappa shape index (κ1) is 20.6. The van der Waals surface area contributed by atoms with Gasteiger partial charge in [-0.1, -0.05) is 11.6 Å². The van der Waals surface area contributed by atoms with E-state index in [9.17, 15) is 4.39 Å². The number of rotatable bonds is 4. The maximum absolute atomic E-state index is 14.9. The van der Waals surface area contributed by atoms with Crippen molar-refractivity contribution in [3.8, 4) is 11.3 Å². The van der Waals surface area contributed by atoms with Gasteiger partial charge in [-0.3, -0.25) is 4.68 Å². The molecule has 0 radical (unpaired) electrons. The summed E-state index contributed by atoms with van der Waals surface area (Å²) in [6.07, 6.45) is 9.44. The molecule has 4 heterocycles. The van der Waals surface area contributed by atoms with Crippen LogP contribution in [0.1, 0.15) is 60.8 Å². The van der Waals surface area contributed by atoms with Gasteiger partial charge in [-0.2, -0.15) is 5.10 Å². The lowest BCUT2D eigenvalue weighted by Gasteiger charge is -2.28. The SMILES string of the molecule is Cc1cnc2c(-c3ccc(Cl)cc3F)nc([C@@H]3CCO[C@H](c4cnn(C5CC5)c4)C3)nc2n1. The summed E-state index contributed by atoms with van der Waals surface area (Å²) in [5.74, 6) is 0.233. The number of fused-ring (bicyclic) bond motifs is 1. The van der Waals surface area contributed by atoms with E-state index in [-0.39, 0.29) is 12.0 Å². The molecule has 4 aromatic rings. The van der Waals surface area contributed by atoms with Crippen molar-refractivity contribution in [1.82, 2.24) is 29.7 Å². The molecule has 2 atom stereocenters. The molecule has 2 aliphatic rings. The highest BCUT2D eigenvalue weighted by molar-refractivity contribution is 6.30. The fourth-order valence-corrected chi connectivity index (χ4v) is 4.54. The largest absolute Gasteiger partial charge is 0.373 e. The summed E-state index contributed by atoms with van der Waals surface area (Å²) in [5, 5.41) is 4.84. The number of aromatic nitrogens is 6. The Labute approximate surface area is 195 Å². The van der Waals surface area contributed by atoms with Crippen LogP contribution in [0, 0.1) is 12.7 Å². The van der Waals surface area contributed by atoms with Crippen molar-refractivity contribution in [1.29, 1.82) is 0 Å². The van der Waals surface area contributed by atoms with Crippen LogP contribution in [0.3, 0.4) is 0 Å². The highest BCUT2D eigenvalue weighted by atomic mass is 35.5. The quantitative estimate of drug-likeness (QED) is 0.405. The maximum Gasteiger partial charge on any atom is 0.182 e. The van der Waals surface area contributed by atoms with Crippen molar-refractivity contribution in [2.45, 2.75) is 50.7 Å². The number of halogens is 2. The summed E-state index contributed by atoms with van der Waals surface area (Å²) >= 11 is 5.97. The average Bonchev–Trinajstić information content (AvgIpc) is 3.54. The third-order valence-electron chi connectivity index (χ3n) is 6.30. The smallest absolute Gasteiger partial charge is 0.182 e. The lowest BCUT2D eigenvalue weighted by Crippen LogP contribution is -2.20. The van der Waals surface area contributed by atoms with Gasteiger partial charge in [0.1, 0.15) is 22.9 Å². The normalized spacial score (nSPS) is 20.9. The molecule has 1 saturated carbocycles. The predicted octanol–water partition coefficient (Wildman–Crippen LogP) is 5.35. The summed E-state index contributed by atoms with van der Waals surface area (Å²) in [4.78, 5) is 18.6. The predicted molar refractivity (Wildman–Crippen MR) is 121 cm³/mol. The monoisotopic (exact) mass is 464 g/mol. The number of ether oxygens (including phenoxy) is 1. The zero-order valence-electron chi connectivity index (χ0n) is 18.1. The molecule has 1 aromatic carbocycles. The van der Waals surface area contributed by atoms with Gasteiger partial charge in [0.15, 0.2) is 5.65 Å². The second-order valence-electron chi connectivity index (χ2n) is 8.80. The third kappa shape index (κ3) is 3.98. The maximum atomic E-state index is 14.9. The second kappa shape index (κ2) is 8.11. The number of hydrogen-bond donors (Lipinski definition) is 0. The van der Waals surface area contributed by atoms with Crippen LogP contribution in [0.4, 0.5) is 4.39 Å². The Morgan fingerprint density at radius 2 is 2.00 bits per heavy atom. The van der Waals surface area contributed by atoms with E-state index in [1.165, 1.54) is 18.9 Å². The number of benzene rings is 1. The first-order valence-corrected chi connectivity index (χ1v) is 11.6. The third-order valence-corrected chi connectivity index (χ3v) is 6.53. The molecule has 0 N–H and O–H groups in total. The first-order chi connectivity index (χ1) is 16.0. The van der Waals surface area contributed by atoms with Gasteiger partial charge >= 0.3 is 0 Å². The van der Waals surface area contributed by atoms with E-state index in [4.69, 9.17) is 26.3 Å². The molecule has 33 heavy (non-hydrogen) atoms. The topological polar surface area (TPSA) is 78.6 Å². The van der Waals surface area contributed by atoms with Crippen LogP contribution in [0.25, 0.3) is 22.4 Å². The van der Waals surface area contributed by atoms with Crippen molar-refractivity contribution in [2.24, 2.45) is 0 Å². The van der Waals surface area contributed by atoms with Crippen LogP contribution >= 0.6 is 11.6 Å². The molecule has 6 rings (SSSR count). The van der Waals surface area contributed by atoms with Gasteiger partial charge < -0.3 is 4.74 Å². The Bertz CT molecular complexity index is 1350. The highest BCUT2D eigenvalue weighted by Gasteiger charge is 2.31. The van der Waals surface area contributed by atoms with Gasteiger partial charge in [0.05, 0.1) is 24.0 Å². The minimum atomic E-state index is -0.451. The van der Waals surface area contributed by atoms with Gasteiger partial charge in [-0.15, -0.1) is 0 Å². The molecule has 0 spiro atoms. The van der Waals surface area contributed by atoms with Crippen LogP contribution in [-0.4, -0.2) is 36.3 Å². The van der Waals surface area contributed by atoms with Crippen molar-refractivity contribution < 1.29 is 9.13 Å². The van der Waals surface area contributed by atoms with Crippen molar-refractivity contribution >= 4 is 22.8 Å². The Balaban J connectivity index is 1.39. The molecule has 7 nitrogen and oxygen atoms in total. The molecule has 9 heteroatoms. The molecule has 1 aliphatic heterocycles. The van der Waals surface area contributed by atoms with Crippen LogP contribution < -0.4 is 0 Å². The van der Waals surface area contributed by atoms with E-state index in [0.29, 0.717) is 45.9 Å². The van der Waals surface area contributed by atoms with E-state index in [1.807, 2.05) is 17.8 Å². The molecule has 1 aliphatic carbocycles. The van der Waals surface area contributed by atoms with E-state index >= 15 is 0 Å². The van der Waals surface area contributed by atoms with Gasteiger partial charge in [-0.05, 0) is 50.8 Å². The molecule has 0 bridgehead atoms. The van der Waals surface area contributed by atoms with Crippen LogP contribution in [0.5, 0.6) is 0 Å². The Morgan fingerprint density at radius 3 is 2.82 bits per heavy atom. The lowest BCUT2D eigenvalue weighted by atomic mass is 9.92. The zero-order valence-corrected chi connectivity index (χ0v) is 18.8. The summed E-state index contributed by atoms with van der Waals surface area (Å²) in [5.41, 5.74) is 3.52. The van der Waals surface area contributed by atoms with Crippen molar-refractivity contribution in [3.05, 3.63) is 64.7 Å². The van der Waals surface area contributed by atoms with Gasteiger partial charge in [0.2, 0.25) is 0 Å². The highest BCUT2D eigenvalue weighted by Crippen LogP contribution is 2.40. The molecule has 168 valence electrons. The Morgan fingerprint density at radius 1 is 1.12 bits per heavy atom. The van der Waals surface area contributed by atoms with Crippen molar-refractivity contribution in [3.63, 3.8) is 0 Å². The number of hydrogen-bond acceptors (Lipinski definition) is 6. The summed E-state index contributed by atoms with van der Waals surface area (Å²) in [6.45, 7) is 2.45. The molecular weight excluding hydrogens is 443 g/mol. The molecule has 0 unspecified atom stereocenters. The molecule has 1 saturated heterocycles. The minimum absolute atomic E-state index is 0.0499. The summed E-state index contributed by atoms with van der Waals surface area (Å²) in [7, 11) is 0.